The van der Waals surface area contributed by atoms with Crippen LogP contribution >= 0.6 is 0 Å². The normalized spacial score (nSPS) is 16.1. The molecule has 1 aliphatic rings. The van der Waals surface area contributed by atoms with Crippen molar-refractivity contribution in [1.29, 1.82) is 0 Å². The van der Waals surface area contributed by atoms with Crippen molar-refractivity contribution in [2.24, 2.45) is 0 Å². The standard InChI is InChI=1S/C18H17FN2O2/c1-12-10-13-6-3-5-9-16(13)21(12)18(23)17(22)20-11-14-7-2-4-8-15(14)19/h2-9,12H,10-11H2,1H3,(H,20,22). The summed E-state index contributed by atoms with van der Waals surface area (Å²) in [5.74, 6) is -1.74. The Balaban J connectivity index is 1.71. The smallest absolute Gasteiger partial charge is 0.316 e. The molecule has 1 heterocycles. The topological polar surface area (TPSA) is 49.4 Å². The molecule has 2 aromatic rings. The number of hydrogen-bond acceptors (Lipinski definition) is 2. The zero-order valence-electron chi connectivity index (χ0n) is 12.8. The largest absolute Gasteiger partial charge is 0.344 e. The second kappa shape index (κ2) is 6.20. The van der Waals surface area contributed by atoms with E-state index in [9.17, 15) is 14.0 Å². The van der Waals surface area contributed by atoms with Crippen LogP contribution in [0.15, 0.2) is 48.5 Å². The Morgan fingerprint density at radius 2 is 1.87 bits per heavy atom. The third-order valence-corrected chi connectivity index (χ3v) is 4.02. The highest BCUT2D eigenvalue weighted by Gasteiger charge is 2.33. The quantitative estimate of drug-likeness (QED) is 0.866. The van der Waals surface area contributed by atoms with Crippen molar-refractivity contribution in [2.45, 2.75) is 25.9 Å². The van der Waals surface area contributed by atoms with E-state index in [2.05, 4.69) is 5.32 Å². The number of rotatable bonds is 2. The molecular weight excluding hydrogens is 295 g/mol. The fourth-order valence-electron chi connectivity index (χ4n) is 2.88. The molecule has 0 fully saturated rings. The first-order valence-corrected chi connectivity index (χ1v) is 7.50. The lowest BCUT2D eigenvalue weighted by atomic mass is 10.1. The first-order valence-electron chi connectivity index (χ1n) is 7.50. The fourth-order valence-corrected chi connectivity index (χ4v) is 2.88. The number of anilines is 1. The lowest BCUT2D eigenvalue weighted by Crippen LogP contribution is -2.45. The van der Waals surface area contributed by atoms with Gasteiger partial charge < -0.3 is 10.2 Å². The van der Waals surface area contributed by atoms with Crippen LogP contribution in [0.4, 0.5) is 10.1 Å². The van der Waals surface area contributed by atoms with Gasteiger partial charge in [-0.3, -0.25) is 9.59 Å². The average Bonchev–Trinajstić information content (AvgIpc) is 2.89. The van der Waals surface area contributed by atoms with Crippen LogP contribution in [0.3, 0.4) is 0 Å². The van der Waals surface area contributed by atoms with Crippen molar-refractivity contribution in [3.05, 3.63) is 65.5 Å². The van der Waals surface area contributed by atoms with Crippen LogP contribution in [0.25, 0.3) is 0 Å². The van der Waals surface area contributed by atoms with Crippen LogP contribution in [0.5, 0.6) is 0 Å². The first-order chi connectivity index (χ1) is 11.1. The van der Waals surface area contributed by atoms with Gasteiger partial charge in [-0.25, -0.2) is 4.39 Å². The van der Waals surface area contributed by atoms with E-state index in [-0.39, 0.29) is 12.6 Å². The summed E-state index contributed by atoms with van der Waals surface area (Å²) in [7, 11) is 0. The molecule has 1 atom stereocenters. The molecule has 0 aliphatic carbocycles. The second-order valence-corrected chi connectivity index (χ2v) is 5.63. The lowest BCUT2D eigenvalue weighted by molar-refractivity contribution is -0.137. The molecule has 23 heavy (non-hydrogen) atoms. The van der Waals surface area contributed by atoms with Gasteiger partial charge in [-0.05, 0) is 31.0 Å². The summed E-state index contributed by atoms with van der Waals surface area (Å²) in [5.41, 5.74) is 2.17. The minimum absolute atomic E-state index is 0.0128. The van der Waals surface area contributed by atoms with E-state index in [1.54, 1.807) is 18.2 Å². The number of carbonyl (C=O) groups excluding carboxylic acids is 2. The highest BCUT2D eigenvalue weighted by Crippen LogP contribution is 2.31. The Morgan fingerprint density at radius 1 is 1.17 bits per heavy atom. The van der Waals surface area contributed by atoms with E-state index < -0.39 is 17.6 Å². The van der Waals surface area contributed by atoms with Crippen LogP contribution < -0.4 is 10.2 Å². The number of nitrogens with one attached hydrogen (secondary N) is 1. The summed E-state index contributed by atoms with van der Waals surface area (Å²) < 4.78 is 13.6. The average molecular weight is 312 g/mol. The number of fused-ring (bicyclic) bond motifs is 1. The number of amides is 2. The Bertz CT molecular complexity index is 760. The second-order valence-electron chi connectivity index (χ2n) is 5.63. The number of benzene rings is 2. The van der Waals surface area contributed by atoms with Crippen molar-refractivity contribution in [1.82, 2.24) is 5.32 Å². The predicted octanol–water partition coefficient (Wildman–Crippen LogP) is 2.42. The van der Waals surface area contributed by atoms with Gasteiger partial charge >= 0.3 is 11.8 Å². The molecule has 0 bridgehead atoms. The van der Waals surface area contributed by atoms with Gasteiger partial charge in [0.05, 0.1) is 0 Å². The molecule has 0 saturated carbocycles. The van der Waals surface area contributed by atoms with Crippen molar-refractivity contribution in [2.75, 3.05) is 4.90 Å². The van der Waals surface area contributed by atoms with Crippen molar-refractivity contribution >= 4 is 17.5 Å². The molecule has 0 radical (unpaired) electrons. The summed E-state index contributed by atoms with van der Waals surface area (Å²) in [6.45, 7) is 1.89. The van der Waals surface area contributed by atoms with Gasteiger partial charge in [-0.1, -0.05) is 36.4 Å². The molecule has 5 heteroatoms. The number of nitrogens with zero attached hydrogens (tertiary/aromatic N) is 1. The molecule has 118 valence electrons. The van der Waals surface area contributed by atoms with Crippen molar-refractivity contribution < 1.29 is 14.0 Å². The van der Waals surface area contributed by atoms with Gasteiger partial charge in [0.25, 0.3) is 0 Å². The Morgan fingerprint density at radius 3 is 2.65 bits per heavy atom. The SMILES string of the molecule is CC1Cc2ccccc2N1C(=O)C(=O)NCc1ccccc1F. The summed E-state index contributed by atoms with van der Waals surface area (Å²) in [6.07, 6.45) is 0.725. The van der Waals surface area contributed by atoms with Crippen LogP contribution in [0.2, 0.25) is 0 Å². The fraction of sp³-hybridized carbons (Fsp3) is 0.222. The van der Waals surface area contributed by atoms with E-state index in [1.165, 1.54) is 11.0 Å². The Kier molecular flexibility index (Phi) is 4.10. The molecule has 0 spiro atoms. The van der Waals surface area contributed by atoms with E-state index in [0.29, 0.717) is 5.56 Å². The zero-order valence-corrected chi connectivity index (χ0v) is 12.8. The molecular formula is C18H17FN2O2. The molecule has 0 saturated heterocycles. The van der Waals surface area contributed by atoms with Crippen molar-refractivity contribution in [3.8, 4) is 0 Å². The number of carbonyl (C=O) groups is 2. The first kappa shape index (κ1) is 15.2. The van der Waals surface area contributed by atoms with Crippen LogP contribution in [0.1, 0.15) is 18.1 Å². The minimum atomic E-state index is -0.725. The number of hydrogen-bond donors (Lipinski definition) is 1. The van der Waals surface area contributed by atoms with Crippen molar-refractivity contribution in [3.63, 3.8) is 0 Å². The van der Waals surface area contributed by atoms with E-state index in [4.69, 9.17) is 0 Å². The third kappa shape index (κ3) is 2.95. The molecule has 2 amide bonds. The van der Waals surface area contributed by atoms with Gasteiger partial charge in [0.2, 0.25) is 0 Å². The summed E-state index contributed by atoms with van der Waals surface area (Å²) in [6, 6.07) is 13.6. The Labute approximate surface area is 133 Å². The van der Waals surface area contributed by atoms with Crippen LogP contribution in [0, 0.1) is 5.82 Å². The molecule has 0 aromatic heterocycles. The van der Waals surface area contributed by atoms with E-state index in [0.717, 1.165) is 17.7 Å². The maximum atomic E-state index is 13.6. The van der Waals surface area contributed by atoms with E-state index in [1.807, 2.05) is 31.2 Å². The predicted molar refractivity (Wildman–Crippen MR) is 85.3 cm³/mol. The van der Waals surface area contributed by atoms with E-state index >= 15 is 0 Å². The summed E-state index contributed by atoms with van der Waals surface area (Å²) in [4.78, 5) is 26.1. The highest BCUT2D eigenvalue weighted by molar-refractivity contribution is 6.40. The van der Waals surface area contributed by atoms with Gasteiger partial charge in [0.1, 0.15) is 5.82 Å². The maximum Gasteiger partial charge on any atom is 0.316 e. The third-order valence-electron chi connectivity index (χ3n) is 4.02. The molecule has 3 rings (SSSR count). The maximum absolute atomic E-state index is 13.6. The van der Waals surface area contributed by atoms with Gasteiger partial charge in [-0.2, -0.15) is 0 Å². The Hall–Kier alpha value is -2.69. The minimum Gasteiger partial charge on any atom is -0.344 e. The van der Waals surface area contributed by atoms with Gasteiger partial charge in [0, 0.05) is 23.8 Å². The lowest BCUT2D eigenvalue weighted by Gasteiger charge is -2.22. The number of para-hydroxylation sites is 1. The molecule has 1 N–H and O–H groups in total. The molecule has 4 nitrogen and oxygen atoms in total. The van der Waals surface area contributed by atoms with Crippen LogP contribution in [-0.4, -0.2) is 17.9 Å². The van der Waals surface area contributed by atoms with Crippen LogP contribution in [-0.2, 0) is 22.6 Å². The van der Waals surface area contributed by atoms with Gasteiger partial charge in [-0.15, -0.1) is 0 Å². The summed E-state index contributed by atoms with van der Waals surface area (Å²) >= 11 is 0. The zero-order chi connectivity index (χ0) is 16.4. The summed E-state index contributed by atoms with van der Waals surface area (Å²) in [5, 5.41) is 2.50. The monoisotopic (exact) mass is 312 g/mol. The highest BCUT2D eigenvalue weighted by atomic mass is 19.1. The van der Waals surface area contributed by atoms with Gasteiger partial charge in [0.15, 0.2) is 0 Å². The molecule has 1 unspecified atom stereocenters. The number of halogens is 1. The molecule has 2 aromatic carbocycles. The molecule has 1 aliphatic heterocycles.